The third-order valence-electron chi connectivity index (χ3n) is 9.79. The second-order valence-corrected chi connectivity index (χ2v) is 28.8. The van der Waals surface area contributed by atoms with Crippen LogP contribution in [0.25, 0.3) is 41.6 Å². The van der Waals surface area contributed by atoms with Gasteiger partial charge in [0, 0.05) is 72.6 Å². The van der Waals surface area contributed by atoms with Gasteiger partial charge in [-0.3, -0.25) is 0 Å². The Hall–Kier alpha value is -1.40. The van der Waals surface area contributed by atoms with Crippen molar-refractivity contribution in [2.75, 3.05) is 39.6 Å². The van der Waals surface area contributed by atoms with Gasteiger partial charge in [0.05, 0.1) is 20.4 Å². The molecule has 0 saturated carbocycles. The maximum absolute atomic E-state index is 6.29. The highest BCUT2D eigenvalue weighted by Crippen LogP contribution is 2.57. The summed E-state index contributed by atoms with van der Waals surface area (Å²) in [5.41, 5.74) is 9.33. The topological polar surface area (TPSA) is 81.2 Å². The smallest absolute Gasteiger partial charge is 0.374 e. The van der Waals surface area contributed by atoms with Crippen LogP contribution in [0.2, 0.25) is 12.1 Å². The van der Waals surface area contributed by atoms with Crippen molar-refractivity contribution in [2.24, 2.45) is 0 Å². The summed E-state index contributed by atoms with van der Waals surface area (Å²) in [5, 5.41) is 2.07. The third kappa shape index (κ3) is 12.5. The number of nitrogens with zero attached hydrogens (tertiary/aromatic N) is 2. The molecule has 0 atom stereocenters. The van der Waals surface area contributed by atoms with Crippen molar-refractivity contribution >= 4 is 112 Å². The number of aryl methyl sites for hydroxylation is 4. The van der Waals surface area contributed by atoms with Crippen molar-refractivity contribution in [2.45, 2.75) is 90.1 Å². The molecule has 0 fully saturated rings. The van der Waals surface area contributed by atoms with Crippen LogP contribution in [-0.2, 0) is 39.4 Å². The lowest BCUT2D eigenvalue weighted by atomic mass is 10.0. The molecule has 2 heterocycles. The molecule has 61 heavy (non-hydrogen) atoms. The summed E-state index contributed by atoms with van der Waals surface area (Å²) in [5.74, 6) is 0. The second kappa shape index (κ2) is 24.2. The number of fused-ring (bicyclic) bond motifs is 2. The van der Waals surface area contributed by atoms with Gasteiger partial charge in [0.1, 0.15) is 10.0 Å². The van der Waals surface area contributed by atoms with E-state index < -0.39 is 17.6 Å². The van der Waals surface area contributed by atoms with Gasteiger partial charge in [-0.1, -0.05) is 48.5 Å². The first kappa shape index (κ1) is 49.0. The molecule has 8 nitrogen and oxygen atoms in total. The van der Waals surface area contributed by atoms with Crippen LogP contribution in [0.1, 0.15) is 63.8 Å². The van der Waals surface area contributed by atoms with Gasteiger partial charge in [0.2, 0.25) is 0 Å². The van der Waals surface area contributed by atoms with E-state index in [1.54, 1.807) is 52.2 Å². The fourth-order valence-electron chi connectivity index (χ4n) is 7.21. The Morgan fingerprint density at radius 1 is 0.475 bits per heavy atom. The van der Waals surface area contributed by atoms with E-state index in [1.807, 2.05) is 63.1 Å². The van der Waals surface area contributed by atoms with E-state index >= 15 is 0 Å². The van der Waals surface area contributed by atoms with E-state index in [9.17, 15) is 0 Å². The quantitative estimate of drug-likeness (QED) is 0.0294. The monoisotopic (exact) mass is 988 g/mol. The number of hydrogen-bond acceptors (Lipinski definition) is 15. The van der Waals surface area contributed by atoms with E-state index in [-0.39, 0.29) is 0 Å². The Morgan fingerprint density at radius 3 is 1.18 bits per heavy atom. The van der Waals surface area contributed by atoms with Crippen molar-refractivity contribution in [3.63, 3.8) is 0 Å². The zero-order chi connectivity index (χ0) is 43.2. The van der Waals surface area contributed by atoms with Gasteiger partial charge in [0.25, 0.3) is 0 Å². The normalized spacial score (nSPS) is 12.3. The summed E-state index contributed by atoms with van der Waals surface area (Å²) in [4.78, 5) is 12.8. The van der Waals surface area contributed by atoms with Gasteiger partial charge in [-0.25, -0.2) is 9.97 Å². The van der Waals surface area contributed by atoms with E-state index in [1.165, 1.54) is 52.6 Å². The first-order valence-electron chi connectivity index (χ1n) is 20.9. The molecule has 328 valence electrons. The van der Waals surface area contributed by atoms with Crippen molar-refractivity contribution in [3.05, 3.63) is 95.1 Å². The molecule has 0 aliphatic carbocycles. The Labute approximate surface area is 391 Å². The van der Waals surface area contributed by atoms with Crippen molar-refractivity contribution in [1.82, 2.24) is 9.97 Å². The lowest BCUT2D eigenvalue weighted by Crippen LogP contribution is -2.46. The van der Waals surface area contributed by atoms with E-state index in [4.69, 9.17) is 36.5 Å². The predicted octanol–water partition coefficient (Wildman–Crippen LogP) is 14.8. The van der Waals surface area contributed by atoms with Gasteiger partial charge >= 0.3 is 17.6 Å². The van der Waals surface area contributed by atoms with E-state index in [0.29, 0.717) is 51.7 Å². The molecular formula is C44H56N2O6S7Si2. The number of thiazole rings is 2. The van der Waals surface area contributed by atoms with Crippen LogP contribution in [0, 0.1) is 13.8 Å². The number of benzene rings is 4. The van der Waals surface area contributed by atoms with Gasteiger partial charge in [-0.2, -0.15) is 0 Å². The zero-order valence-electron chi connectivity index (χ0n) is 36.2. The minimum atomic E-state index is -2.87. The lowest BCUT2D eigenvalue weighted by Gasteiger charge is -2.29. The molecule has 6 aromatic rings. The molecule has 0 unspecified atom stereocenters. The van der Waals surface area contributed by atoms with Crippen molar-refractivity contribution < 1.29 is 26.6 Å². The average Bonchev–Trinajstić information content (AvgIpc) is 3.88. The Balaban J connectivity index is 1.29. The zero-order valence-corrected chi connectivity index (χ0v) is 43.9. The van der Waals surface area contributed by atoms with E-state index in [0.717, 1.165) is 33.9 Å². The number of para-hydroxylation sites is 2. The third-order valence-corrected chi connectivity index (χ3v) is 26.5. The summed E-state index contributed by atoms with van der Waals surface area (Å²) < 4.78 is 40.1. The van der Waals surface area contributed by atoms with Crippen LogP contribution in [0.3, 0.4) is 0 Å². The van der Waals surface area contributed by atoms with Crippen LogP contribution < -0.4 is 0 Å². The first-order chi connectivity index (χ1) is 29.7. The molecule has 0 spiro atoms. The predicted molar refractivity (Wildman–Crippen MR) is 272 cm³/mol. The molecule has 6 rings (SSSR count). The molecule has 0 aliphatic rings. The van der Waals surface area contributed by atoms with Gasteiger partial charge in [-0.05, 0) is 166 Å². The minimum Gasteiger partial charge on any atom is -0.374 e. The molecule has 0 bridgehead atoms. The fraction of sp³-hybridized carbons (Fsp3) is 0.409. The number of aromatic nitrogens is 2. The first-order valence-corrected chi connectivity index (χ1v) is 32.5. The fourth-order valence-corrected chi connectivity index (χ4v) is 23.8. The van der Waals surface area contributed by atoms with Crippen molar-refractivity contribution in [1.29, 1.82) is 0 Å². The van der Waals surface area contributed by atoms with Crippen molar-refractivity contribution in [3.8, 4) is 21.1 Å². The molecule has 0 amide bonds. The van der Waals surface area contributed by atoms with Crippen LogP contribution >= 0.6 is 73.7 Å². The highest BCUT2D eigenvalue weighted by molar-refractivity contribution is 9.35. The van der Waals surface area contributed by atoms with Crippen LogP contribution in [0.5, 0.6) is 0 Å². The number of hydrogen-bond donors (Lipinski definition) is 0. The second-order valence-electron chi connectivity index (χ2n) is 13.8. The van der Waals surface area contributed by atoms with Crippen LogP contribution in [0.15, 0.2) is 82.6 Å². The molecule has 0 N–H and O–H groups in total. The summed E-state index contributed by atoms with van der Waals surface area (Å²) in [7, 11) is 3.22. The SMILES string of the molecule is CCO[Si](CCc1ccc(C)c(-c2nc3ccccc3s2)c1SSSSSc1c(CC[Si](OCC)(OCC)OCC)ccc(C)c1-c1nc2ccccc2s1)(OCC)OCC. The standard InChI is InChI=1S/C44H56N2O6S7Si2/c1-9-47-60(48-10-2,49-11-3)29-27-33-25-23-31(7)39(43-45-35-19-15-17-21-37(35)53-43)41(33)55-57-59-58-56-42-34(28-30-61(50-12-4,51-13-5)52-14-6)26-24-32(8)40(42)44-46-36-20-16-18-22-38(36)54-44/h15-26H,9-14,27-30H2,1-8H3. The summed E-state index contributed by atoms with van der Waals surface area (Å²) >= 11 is 3.50. The highest BCUT2D eigenvalue weighted by atomic mass is 33.8. The maximum Gasteiger partial charge on any atom is 0.501 e. The Kier molecular flexibility index (Phi) is 19.5. The maximum atomic E-state index is 6.29. The summed E-state index contributed by atoms with van der Waals surface area (Å²) in [6.07, 6.45) is 1.54. The molecule has 0 radical (unpaired) electrons. The van der Waals surface area contributed by atoms with Crippen LogP contribution in [0.4, 0.5) is 0 Å². The highest BCUT2D eigenvalue weighted by Gasteiger charge is 2.41. The van der Waals surface area contributed by atoms with E-state index in [2.05, 4.69) is 86.6 Å². The number of rotatable bonds is 26. The van der Waals surface area contributed by atoms with Gasteiger partial charge < -0.3 is 26.6 Å². The average molecular weight is 990 g/mol. The summed E-state index contributed by atoms with van der Waals surface area (Å²) in [6.45, 7) is 19.8. The lowest BCUT2D eigenvalue weighted by molar-refractivity contribution is 0.0706. The molecule has 0 aliphatic heterocycles. The summed E-state index contributed by atoms with van der Waals surface area (Å²) in [6, 6.07) is 27.2. The Bertz CT molecular complexity index is 2070. The van der Waals surface area contributed by atoms with Gasteiger partial charge in [0.15, 0.2) is 0 Å². The van der Waals surface area contributed by atoms with Crippen LogP contribution in [-0.4, -0.2) is 67.2 Å². The van der Waals surface area contributed by atoms with Gasteiger partial charge in [-0.15, -0.1) is 22.7 Å². The Morgan fingerprint density at radius 2 is 0.836 bits per heavy atom. The minimum absolute atomic E-state index is 0.553. The largest absolute Gasteiger partial charge is 0.501 e. The molecular weight excluding hydrogens is 933 g/mol. The molecule has 0 saturated heterocycles. The molecule has 4 aromatic carbocycles. The molecule has 2 aromatic heterocycles. The molecule has 17 heteroatoms.